The van der Waals surface area contributed by atoms with Gasteiger partial charge in [-0.2, -0.15) is 0 Å². The van der Waals surface area contributed by atoms with E-state index in [0.29, 0.717) is 0 Å². The average molecular weight is 307 g/mol. The highest BCUT2D eigenvalue weighted by Gasteiger charge is 1.90. The normalized spacial score (nSPS) is 10.9. The quantitative estimate of drug-likeness (QED) is 0.393. The van der Waals surface area contributed by atoms with Gasteiger partial charge in [-0.25, -0.2) is 0 Å². The molecule has 1 N–H and O–H groups in total. The summed E-state index contributed by atoms with van der Waals surface area (Å²) in [5.74, 6) is 0. The van der Waals surface area contributed by atoms with Crippen LogP contribution in [0.1, 0.15) is 0 Å². The third-order valence-corrected chi connectivity index (χ3v) is 5.32. The van der Waals surface area contributed by atoms with Crippen molar-refractivity contribution in [1.29, 1.82) is 0 Å². The largest absolute Gasteiger partial charge is 0.356 e. The fourth-order valence-corrected chi connectivity index (χ4v) is 3.86. The Balaban J connectivity index is 2.16. The molecular weight excluding hydrogens is 294 g/mol. The maximum absolute atomic E-state index is 3.43. The van der Waals surface area contributed by atoms with Crippen molar-refractivity contribution in [2.75, 3.05) is 0 Å². The van der Waals surface area contributed by atoms with Crippen molar-refractivity contribution in [3.8, 4) is 0 Å². The van der Waals surface area contributed by atoms with Gasteiger partial charge in [0.2, 0.25) is 0 Å². The van der Waals surface area contributed by atoms with Crippen LogP contribution in [0.4, 0.5) is 0 Å². The minimum Gasteiger partial charge on any atom is -0.356 e. The minimum atomic E-state index is 1.12. The van der Waals surface area contributed by atoms with Gasteiger partial charge in [-0.05, 0) is 72.8 Å². The zero-order chi connectivity index (χ0) is 14.1. The molecule has 21 heavy (non-hydrogen) atoms. The fourth-order valence-electron chi connectivity index (χ4n) is 2.23. The molecule has 3 heteroatoms. The van der Waals surface area contributed by atoms with Gasteiger partial charge in [0.25, 0.3) is 0 Å². The molecule has 0 saturated carbocycles. The molecule has 0 aliphatic carbocycles. The Morgan fingerprint density at radius 1 is 0.429 bits per heavy atom. The zero-order valence-electron chi connectivity index (χ0n) is 11.2. The van der Waals surface area contributed by atoms with Crippen LogP contribution >= 0.6 is 22.7 Å². The van der Waals surface area contributed by atoms with E-state index in [-0.39, 0.29) is 0 Å². The molecule has 6 aromatic heterocycles. The summed E-state index contributed by atoms with van der Waals surface area (Å²) in [5.41, 5.74) is 2.23. The van der Waals surface area contributed by atoms with E-state index < -0.39 is 0 Å². The number of benzene rings is 3. The van der Waals surface area contributed by atoms with Gasteiger partial charge >= 0.3 is 0 Å². The van der Waals surface area contributed by atoms with Gasteiger partial charge in [0.05, 0.1) is 0 Å². The number of hydrogen-bond donors (Lipinski definition) is 1. The molecule has 0 atom stereocenters. The van der Waals surface area contributed by atoms with Crippen LogP contribution in [0.15, 0.2) is 72.8 Å². The second-order valence-electron chi connectivity index (χ2n) is 4.85. The Bertz CT molecular complexity index is 736. The summed E-state index contributed by atoms with van der Waals surface area (Å²) in [6, 6.07) is 25.9. The van der Waals surface area contributed by atoms with Crippen LogP contribution < -0.4 is 0 Å². The Hall–Kier alpha value is -2.10. The van der Waals surface area contributed by atoms with Crippen LogP contribution in [0.5, 0.6) is 0 Å². The molecule has 0 spiro atoms. The number of nitrogens with one attached hydrogen (secondary N) is 1. The second kappa shape index (κ2) is 5.35. The molecule has 1 nitrogen and oxygen atoms in total. The topological polar surface area (TPSA) is 15.8 Å². The lowest BCUT2D eigenvalue weighted by molar-refractivity contribution is 1.49. The molecule has 9 aromatic rings. The summed E-state index contributed by atoms with van der Waals surface area (Å²) in [6.07, 6.45) is 0. The third-order valence-electron chi connectivity index (χ3n) is 3.29. The monoisotopic (exact) mass is 307 g/mol. The van der Waals surface area contributed by atoms with Crippen LogP contribution in [0.25, 0.3) is 29.8 Å². The molecule has 0 amide bonds. The first-order valence-corrected chi connectivity index (χ1v) is 8.41. The van der Waals surface area contributed by atoms with E-state index in [2.05, 4.69) is 77.8 Å². The van der Waals surface area contributed by atoms with E-state index in [0.717, 1.165) is 11.0 Å². The van der Waals surface area contributed by atoms with E-state index in [9.17, 15) is 0 Å². The van der Waals surface area contributed by atoms with Crippen molar-refractivity contribution in [3.63, 3.8) is 0 Å². The number of H-pyrrole nitrogens is 1. The molecule has 3 aromatic carbocycles. The van der Waals surface area contributed by atoms with E-state index in [1.165, 1.54) is 18.8 Å². The predicted octanol–water partition coefficient (Wildman–Crippen LogP) is 6.28. The second-order valence-corrected chi connectivity index (χ2v) is 7.14. The fraction of sp³-hybridized carbons (Fsp3) is 0. The average Bonchev–Trinajstić information content (AvgIpc) is 2.55. The molecule has 0 saturated heterocycles. The van der Waals surface area contributed by atoms with Crippen LogP contribution in [0.2, 0.25) is 0 Å². The molecule has 102 valence electrons. The van der Waals surface area contributed by atoms with Crippen molar-refractivity contribution < 1.29 is 0 Å². The van der Waals surface area contributed by atoms with Crippen LogP contribution in [0, 0.1) is 0 Å². The molecule has 0 aliphatic rings. The SMILES string of the molecule is c1cc2ccc1[nH]c1ccc(cc1)sc1ccc(cc1)s2. The lowest BCUT2D eigenvalue weighted by Crippen LogP contribution is -1.72. The maximum atomic E-state index is 3.43. The first-order chi connectivity index (χ1) is 10.3. The molecule has 0 radical (unpaired) electrons. The Morgan fingerprint density at radius 3 is 1.05 bits per heavy atom. The lowest BCUT2D eigenvalue weighted by atomic mass is 10.3. The van der Waals surface area contributed by atoms with E-state index in [4.69, 9.17) is 0 Å². The van der Waals surface area contributed by atoms with E-state index in [1.54, 1.807) is 22.7 Å². The summed E-state index contributed by atoms with van der Waals surface area (Å²) < 4.78 is 5.05. The zero-order valence-corrected chi connectivity index (χ0v) is 12.9. The highest BCUT2D eigenvalue weighted by atomic mass is 32.1. The van der Waals surface area contributed by atoms with Crippen LogP contribution in [-0.2, 0) is 0 Å². The Labute approximate surface area is 130 Å². The smallest absolute Gasteiger partial charge is 0.0385 e. The standard InChI is InChI=1S/C18H13NS2/c1-5-15-6-2-13(1)19-14-3-7-16(8-4-14)21-18-11-9-17(20-15)10-12-18/h1-12,19H. The lowest BCUT2D eigenvalue weighted by Gasteiger charge is -1.92. The van der Waals surface area contributed by atoms with Gasteiger partial charge in [-0.15, -0.1) is 22.7 Å². The van der Waals surface area contributed by atoms with E-state index >= 15 is 0 Å². The van der Waals surface area contributed by atoms with Crippen molar-refractivity contribution in [2.24, 2.45) is 0 Å². The molecule has 6 bridgehead atoms. The highest BCUT2D eigenvalue weighted by Crippen LogP contribution is 2.20. The summed E-state index contributed by atoms with van der Waals surface area (Å²) in [7, 11) is 0. The highest BCUT2D eigenvalue weighted by molar-refractivity contribution is 7.23. The number of hydrogen-bond acceptors (Lipinski definition) is 2. The summed E-state index contributed by atoms with van der Waals surface area (Å²) >= 11 is 3.58. The Kier molecular flexibility index (Phi) is 3.22. The molecular formula is C18H13NS2. The van der Waals surface area contributed by atoms with Gasteiger partial charge in [-0.1, -0.05) is 0 Å². The van der Waals surface area contributed by atoms with Gasteiger partial charge in [0.15, 0.2) is 0 Å². The first-order valence-electron chi connectivity index (χ1n) is 6.78. The van der Waals surface area contributed by atoms with Gasteiger partial charge < -0.3 is 4.98 Å². The molecule has 0 fully saturated rings. The van der Waals surface area contributed by atoms with Crippen molar-refractivity contribution in [1.82, 2.24) is 4.98 Å². The molecule has 0 unspecified atom stereocenters. The van der Waals surface area contributed by atoms with Gasteiger partial charge in [-0.3, -0.25) is 0 Å². The summed E-state index contributed by atoms with van der Waals surface area (Å²) in [6.45, 7) is 0. The van der Waals surface area contributed by atoms with Crippen molar-refractivity contribution in [3.05, 3.63) is 72.8 Å². The van der Waals surface area contributed by atoms with E-state index in [1.807, 2.05) is 0 Å². The van der Waals surface area contributed by atoms with Crippen molar-refractivity contribution >= 4 is 52.5 Å². The molecule has 0 aliphatic heterocycles. The molecule has 9 rings (SSSR count). The summed E-state index contributed by atoms with van der Waals surface area (Å²) in [4.78, 5) is 3.43. The van der Waals surface area contributed by atoms with Crippen molar-refractivity contribution in [2.45, 2.75) is 0 Å². The third kappa shape index (κ3) is 2.84. The number of aromatic amines is 1. The number of rotatable bonds is 0. The minimum absolute atomic E-state index is 1.12. The van der Waals surface area contributed by atoms with Crippen LogP contribution in [0.3, 0.4) is 0 Å². The maximum Gasteiger partial charge on any atom is 0.0385 e. The number of aromatic nitrogens is 1. The predicted molar refractivity (Wildman–Crippen MR) is 95.5 cm³/mol. The summed E-state index contributed by atoms with van der Waals surface area (Å²) in [5, 5.41) is 0. The molecule has 6 heterocycles. The van der Waals surface area contributed by atoms with Gasteiger partial charge in [0, 0.05) is 29.8 Å². The first kappa shape index (κ1) is 12.6. The van der Waals surface area contributed by atoms with Gasteiger partial charge in [0.1, 0.15) is 0 Å². The Morgan fingerprint density at radius 2 is 0.714 bits per heavy atom. The van der Waals surface area contributed by atoms with Crippen LogP contribution in [-0.4, -0.2) is 4.98 Å².